The average molecular weight is 289 g/mol. The number of hydrogen-bond acceptors (Lipinski definition) is 6. The molecular formula is C14H23N7. The van der Waals surface area contributed by atoms with Crippen LogP contribution in [0.25, 0.3) is 11.0 Å². The van der Waals surface area contributed by atoms with E-state index >= 15 is 0 Å². The molecule has 0 amide bonds. The van der Waals surface area contributed by atoms with E-state index in [2.05, 4.69) is 34.1 Å². The fraction of sp³-hybridized carbons (Fsp3) is 0.643. The maximum Gasteiger partial charge on any atom is 0.229 e. The molecule has 0 atom stereocenters. The Labute approximate surface area is 125 Å². The highest BCUT2D eigenvalue weighted by Crippen LogP contribution is 2.23. The predicted octanol–water partition coefficient (Wildman–Crippen LogP) is 0.937. The second-order valence-electron chi connectivity index (χ2n) is 5.33. The molecular weight excluding hydrogens is 266 g/mol. The summed E-state index contributed by atoms with van der Waals surface area (Å²) in [5.74, 6) is 1.68. The molecule has 2 aromatic heterocycles. The van der Waals surface area contributed by atoms with Crippen molar-refractivity contribution >= 4 is 22.8 Å². The van der Waals surface area contributed by atoms with E-state index < -0.39 is 0 Å². The van der Waals surface area contributed by atoms with Crippen LogP contribution in [0, 0.1) is 0 Å². The predicted molar refractivity (Wildman–Crippen MR) is 84.8 cm³/mol. The van der Waals surface area contributed by atoms with Crippen molar-refractivity contribution in [3.63, 3.8) is 0 Å². The molecule has 1 aliphatic rings. The van der Waals surface area contributed by atoms with Gasteiger partial charge in [0.05, 0.1) is 11.6 Å². The molecule has 3 heterocycles. The zero-order valence-corrected chi connectivity index (χ0v) is 13.0. The summed E-state index contributed by atoms with van der Waals surface area (Å²) in [4.78, 5) is 14.1. The number of piperazine rings is 1. The third-order valence-electron chi connectivity index (χ3n) is 4.03. The molecule has 0 radical (unpaired) electrons. The SMILES string of the molecule is CCNc1nc(N2CCN(CC)CC2)nc2c1cnn2C. The van der Waals surface area contributed by atoms with Gasteiger partial charge < -0.3 is 15.1 Å². The standard InChI is InChI=1S/C14H23N7/c1-4-15-12-11-10-16-19(3)13(11)18-14(17-12)21-8-6-20(5-2)7-9-21/h10H,4-9H2,1-3H3,(H,15,17,18). The molecule has 0 unspecified atom stereocenters. The summed E-state index contributed by atoms with van der Waals surface area (Å²) in [6.07, 6.45) is 1.83. The van der Waals surface area contributed by atoms with Crippen molar-refractivity contribution in [2.24, 2.45) is 7.05 Å². The van der Waals surface area contributed by atoms with Gasteiger partial charge in [0, 0.05) is 39.8 Å². The highest BCUT2D eigenvalue weighted by molar-refractivity contribution is 5.87. The molecule has 1 fully saturated rings. The first-order valence-corrected chi connectivity index (χ1v) is 7.63. The minimum absolute atomic E-state index is 0.804. The quantitative estimate of drug-likeness (QED) is 0.904. The summed E-state index contributed by atoms with van der Waals surface area (Å²) in [7, 11) is 1.92. The summed E-state index contributed by atoms with van der Waals surface area (Å²) in [5.41, 5.74) is 0.883. The second-order valence-corrected chi connectivity index (χ2v) is 5.33. The number of nitrogens with one attached hydrogen (secondary N) is 1. The van der Waals surface area contributed by atoms with Gasteiger partial charge in [0.15, 0.2) is 5.65 Å². The summed E-state index contributed by atoms with van der Waals surface area (Å²) in [6, 6.07) is 0. The van der Waals surface area contributed by atoms with Crippen molar-refractivity contribution in [2.75, 3.05) is 49.5 Å². The number of rotatable bonds is 4. The summed E-state index contributed by atoms with van der Waals surface area (Å²) >= 11 is 0. The molecule has 0 spiro atoms. The smallest absolute Gasteiger partial charge is 0.229 e. The average Bonchev–Trinajstić information content (AvgIpc) is 2.89. The van der Waals surface area contributed by atoms with Crippen LogP contribution in [-0.2, 0) is 7.05 Å². The van der Waals surface area contributed by atoms with E-state index in [4.69, 9.17) is 9.97 Å². The van der Waals surface area contributed by atoms with Gasteiger partial charge in [-0.25, -0.2) is 0 Å². The zero-order valence-electron chi connectivity index (χ0n) is 13.0. The van der Waals surface area contributed by atoms with E-state index in [0.717, 1.165) is 62.1 Å². The Morgan fingerprint density at radius 1 is 1.14 bits per heavy atom. The largest absolute Gasteiger partial charge is 0.370 e. The zero-order chi connectivity index (χ0) is 14.8. The highest BCUT2D eigenvalue weighted by atomic mass is 15.4. The Morgan fingerprint density at radius 2 is 1.90 bits per heavy atom. The Morgan fingerprint density at radius 3 is 2.57 bits per heavy atom. The van der Waals surface area contributed by atoms with Gasteiger partial charge in [0.1, 0.15) is 5.82 Å². The number of anilines is 2. The molecule has 7 heteroatoms. The number of hydrogen-bond donors (Lipinski definition) is 1. The van der Waals surface area contributed by atoms with E-state index in [0.29, 0.717) is 0 Å². The molecule has 0 aromatic carbocycles. The number of fused-ring (bicyclic) bond motifs is 1. The van der Waals surface area contributed by atoms with Crippen molar-refractivity contribution in [3.8, 4) is 0 Å². The lowest BCUT2D eigenvalue weighted by atomic mass is 10.3. The Balaban J connectivity index is 1.93. The molecule has 21 heavy (non-hydrogen) atoms. The van der Waals surface area contributed by atoms with Gasteiger partial charge in [-0.05, 0) is 13.5 Å². The van der Waals surface area contributed by atoms with E-state index in [1.165, 1.54) is 0 Å². The molecule has 1 saturated heterocycles. The van der Waals surface area contributed by atoms with Crippen LogP contribution in [0.1, 0.15) is 13.8 Å². The monoisotopic (exact) mass is 289 g/mol. The topological polar surface area (TPSA) is 62.1 Å². The van der Waals surface area contributed by atoms with Crippen LogP contribution >= 0.6 is 0 Å². The lowest BCUT2D eigenvalue weighted by Crippen LogP contribution is -2.46. The molecule has 1 N–H and O–H groups in total. The third kappa shape index (κ3) is 2.65. The minimum Gasteiger partial charge on any atom is -0.370 e. The maximum absolute atomic E-state index is 4.71. The van der Waals surface area contributed by atoms with Crippen molar-refractivity contribution in [1.29, 1.82) is 0 Å². The fourth-order valence-corrected chi connectivity index (χ4v) is 2.72. The lowest BCUT2D eigenvalue weighted by molar-refractivity contribution is 0.270. The molecule has 3 rings (SSSR count). The second kappa shape index (κ2) is 5.85. The van der Waals surface area contributed by atoms with Crippen molar-refractivity contribution < 1.29 is 0 Å². The fourth-order valence-electron chi connectivity index (χ4n) is 2.72. The first-order valence-electron chi connectivity index (χ1n) is 7.63. The van der Waals surface area contributed by atoms with E-state index in [1.807, 2.05) is 17.9 Å². The van der Waals surface area contributed by atoms with Gasteiger partial charge in [-0.1, -0.05) is 6.92 Å². The minimum atomic E-state index is 0.804. The van der Waals surface area contributed by atoms with Crippen LogP contribution in [0.2, 0.25) is 0 Å². The first kappa shape index (κ1) is 14.1. The molecule has 0 saturated carbocycles. The number of nitrogens with zero attached hydrogens (tertiary/aromatic N) is 6. The molecule has 2 aromatic rings. The molecule has 7 nitrogen and oxygen atoms in total. The Hall–Kier alpha value is -1.89. The Kier molecular flexibility index (Phi) is 3.92. The van der Waals surface area contributed by atoms with Crippen LogP contribution in [0.3, 0.4) is 0 Å². The first-order chi connectivity index (χ1) is 10.2. The molecule has 0 aliphatic carbocycles. The van der Waals surface area contributed by atoms with Gasteiger partial charge in [-0.3, -0.25) is 4.68 Å². The molecule has 114 valence electrons. The third-order valence-corrected chi connectivity index (χ3v) is 4.03. The lowest BCUT2D eigenvalue weighted by Gasteiger charge is -2.34. The van der Waals surface area contributed by atoms with E-state index in [9.17, 15) is 0 Å². The molecule has 1 aliphatic heterocycles. The van der Waals surface area contributed by atoms with Crippen LogP contribution < -0.4 is 10.2 Å². The van der Waals surface area contributed by atoms with E-state index in [-0.39, 0.29) is 0 Å². The van der Waals surface area contributed by atoms with Crippen molar-refractivity contribution in [2.45, 2.75) is 13.8 Å². The van der Waals surface area contributed by atoms with Crippen molar-refractivity contribution in [3.05, 3.63) is 6.20 Å². The van der Waals surface area contributed by atoms with Gasteiger partial charge in [-0.15, -0.1) is 0 Å². The van der Waals surface area contributed by atoms with Gasteiger partial charge >= 0.3 is 0 Å². The number of aryl methyl sites for hydroxylation is 1. The maximum atomic E-state index is 4.71. The summed E-state index contributed by atoms with van der Waals surface area (Å²) in [5, 5.41) is 8.60. The molecule has 0 bridgehead atoms. The van der Waals surface area contributed by atoms with Crippen molar-refractivity contribution in [1.82, 2.24) is 24.6 Å². The van der Waals surface area contributed by atoms with Gasteiger partial charge in [0.2, 0.25) is 5.95 Å². The van der Waals surface area contributed by atoms with Crippen LogP contribution in [0.5, 0.6) is 0 Å². The highest BCUT2D eigenvalue weighted by Gasteiger charge is 2.20. The van der Waals surface area contributed by atoms with Crippen LogP contribution in [-0.4, -0.2) is 63.9 Å². The van der Waals surface area contributed by atoms with E-state index in [1.54, 1.807) is 0 Å². The van der Waals surface area contributed by atoms with Gasteiger partial charge in [-0.2, -0.15) is 15.1 Å². The van der Waals surface area contributed by atoms with Crippen LogP contribution in [0.15, 0.2) is 6.20 Å². The number of likely N-dealkylation sites (N-methyl/N-ethyl adjacent to an activating group) is 1. The summed E-state index contributed by atoms with van der Waals surface area (Å²) in [6.45, 7) is 10.3. The van der Waals surface area contributed by atoms with Crippen LogP contribution in [0.4, 0.5) is 11.8 Å². The summed E-state index contributed by atoms with van der Waals surface area (Å²) < 4.78 is 1.81. The number of aromatic nitrogens is 4. The normalized spacial score (nSPS) is 16.6. The Bertz CT molecular complexity index is 613. The van der Waals surface area contributed by atoms with Gasteiger partial charge in [0.25, 0.3) is 0 Å².